The molecule has 0 radical (unpaired) electrons. The fourth-order valence-electron chi connectivity index (χ4n) is 4.39. The number of anilines is 1. The Bertz CT molecular complexity index is 856. The Morgan fingerprint density at radius 2 is 1.61 bits per heavy atom. The lowest BCUT2D eigenvalue weighted by atomic mass is 9.89. The van der Waals surface area contributed by atoms with Crippen molar-refractivity contribution >= 4 is 17.6 Å². The lowest BCUT2D eigenvalue weighted by Crippen LogP contribution is -2.39. The van der Waals surface area contributed by atoms with Crippen LogP contribution in [0.15, 0.2) is 48.5 Å². The zero-order valence-electron chi connectivity index (χ0n) is 16.0. The SMILES string of the molecule is O=C(O)c1ccc([C@@H]2CCCN(C(=O)c3ccccc3N3CCCC3)C2)cc1. The van der Waals surface area contributed by atoms with Crippen LogP contribution in [0.2, 0.25) is 0 Å². The third kappa shape index (κ3) is 3.75. The number of carbonyl (C=O) groups is 2. The van der Waals surface area contributed by atoms with Crippen LogP contribution in [-0.2, 0) is 0 Å². The summed E-state index contributed by atoms with van der Waals surface area (Å²) in [6.45, 7) is 3.49. The van der Waals surface area contributed by atoms with Crippen LogP contribution in [0.3, 0.4) is 0 Å². The summed E-state index contributed by atoms with van der Waals surface area (Å²) < 4.78 is 0. The molecule has 146 valence electrons. The van der Waals surface area contributed by atoms with Crippen LogP contribution < -0.4 is 4.90 Å². The van der Waals surface area contributed by atoms with Gasteiger partial charge in [0.05, 0.1) is 11.1 Å². The largest absolute Gasteiger partial charge is 0.478 e. The first kappa shape index (κ1) is 18.5. The standard InChI is InChI=1S/C23H26N2O3/c26-22(20-7-1-2-8-21(20)24-13-3-4-14-24)25-15-5-6-19(16-25)17-9-11-18(12-10-17)23(27)28/h1-2,7-12,19H,3-6,13-16H2,(H,27,28)/t19-/m1/s1. The summed E-state index contributed by atoms with van der Waals surface area (Å²) in [5.74, 6) is -0.556. The predicted molar refractivity (Wildman–Crippen MR) is 109 cm³/mol. The van der Waals surface area contributed by atoms with Crippen LogP contribution in [0.1, 0.15) is 57.9 Å². The Morgan fingerprint density at radius 1 is 0.893 bits per heavy atom. The molecule has 2 aromatic rings. The maximum absolute atomic E-state index is 13.3. The lowest BCUT2D eigenvalue weighted by Gasteiger charge is -2.34. The fraction of sp³-hybridized carbons (Fsp3) is 0.391. The summed E-state index contributed by atoms with van der Waals surface area (Å²) >= 11 is 0. The molecule has 0 bridgehead atoms. The number of amides is 1. The Hall–Kier alpha value is -2.82. The molecule has 0 spiro atoms. The number of hydrogen-bond donors (Lipinski definition) is 1. The number of piperidine rings is 1. The third-order valence-electron chi connectivity index (χ3n) is 5.92. The smallest absolute Gasteiger partial charge is 0.335 e. The average molecular weight is 378 g/mol. The number of carbonyl (C=O) groups excluding carboxylic acids is 1. The Labute approximate surface area is 165 Å². The minimum Gasteiger partial charge on any atom is -0.478 e. The van der Waals surface area contributed by atoms with Gasteiger partial charge in [-0.15, -0.1) is 0 Å². The van der Waals surface area contributed by atoms with Crippen LogP contribution in [-0.4, -0.2) is 48.1 Å². The van der Waals surface area contributed by atoms with Gasteiger partial charge < -0.3 is 14.9 Å². The summed E-state index contributed by atoms with van der Waals surface area (Å²) in [6.07, 6.45) is 4.34. The molecule has 1 N–H and O–H groups in total. The normalized spacial score (nSPS) is 19.6. The summed E-state index contributed by atoms with van der Waals surface area (Å²) in [4.78, 5) is 28.7. The first-order chi connectivity index (χ1) is 13.6. The quantitative estimate of drug-likeness (QED) is 0.873. The van der Waals surface area contributed by atoms with Gasteiger partial charge >= 0.3 is 5.97 Å². The molecule has 2 heterocycles. The van der Waals surface area contributed by atoms with Crippen molar-refractivity contribution in [2.45, 2.75) is 31.6 Å². The van der Waals surface area contributed by atoms with Crippen molar-refractivity contribution in [1.82, 2.24) is 4.90 Å². The van der Waals surface area contributed by atoms with Crippen molar-refractivity contribution in [2.75, 3.05) is 31.1 Å². The molecule has 0 unspecified atom stereocenters. The van der Waals surface area contributed by atoms with Gasteiger partial charge in [-0.05, 0) is 55.5 Å². The molecule has 0 saturated carbocycles. The van der Waals surface area contributed by atoms with Gasteiger partial charge in [-0.1, -0.05) is 24.3 Å². The van der Waals surface area contributed by atoms with Gasteiger partial charge in [-0.2, -0.15) is 0 Å². The van der Waals surface area contributed by atoms with Crippen molar-refractivity contribution in [3.63, 3.8) is 0 Å². The number of aromatic carboxylic acids is 1. The van der Waals surface area contributed by atoms with E-state index in [1.165, 1.54) is 12.8 Å². The minimum atomic E-state index is -0.912. The highest BCUT2D eigenvalue weighted by Crippen LogP contribution is 2.30. The molecule has 4 rings (SSSR count). The molecule has 28 heavy (non-hydrogen) atoms. The van der Waals surface area contributed by atoms with Crippen LogP contribution in [0.4, 0.5) is 5.69 Å². The predicted octanol–water partition coefficient (Wildman–Crippen LogP) is 4.00. The highest BCUT2D eigenvalue weighted by molar-refractivity contribution is 6.00. The number of carboxylic acid groups (broad SMARTS) is 1. The van der Waals surface area contributed by atoms with Crippen molar-refractivity contribution < 1.29 is 14.7 Å². The second kappa shape index (κ2) is 8.05. The van der Waals surface area contributed by atoms with E-state index in [2.05, 4.69) is 11.0 Å². The first-order valence-electron chi connectivity index (χ1n) is 10.1. The second-order valence-corrected chi connectivity index (χ2v) is 7.73. The molecule has 2 fully saturated rings. The van der Waals surface area contributed by atoms with E-state index in [-0.39, 0.29) is 11.8 Å². The highest BCUT2D eigenvalue weighted by atomic mass is 16.4. The van der Waals surface area contributed by atoms with Gasteiger partial charge in [0, 0.05) is 37.8 Å². The van der Waals surface area contributed by atoms with E-state index >= 15 is 0 Å². The van der Waals surface area contributed by atoms with Crippen LogP contribution in [0.25, 0.3) is 0 Å². The average Bonchev–Trinajstić information content (AvgIpc) is 3.28. The topological polar surface area (TPSA) is 60.9 Å². The molecule has 2 aliphatic rings. The number of para-hydroxylation sites is 1. The molecule has 0 aromatic heterocycles. The summed E-state index contributed by atoms with van der Waals surface area (Å²) in [5.41, 5.74) is 3.26. The summed E-state index contributed by atoms with van der Waals surface area (Å²) in [7, 11) is 0. The molecular formula is C23H26N2O3. The van der Waals surface area contributed by atoms with Gasteiger partial charge in [0.15, 0.2) is 0 Å². The third-order valence-corrected chi connectivity index (χ3v) is 5.92. The van der Waals surface area contributed by atoms with Crippen molar-refractivity contribution in [3.8, 4) is 0 Å². The maximum atomic E-state index is 13.3. The summed E-state index contributed by atoms with van der Waals surface area (Å²) in [6, 6.07) is 15.0. The van der Waals surface area contributed by atoms with E-state index in [1.54, 1.807) is 12.1 Å². The van der Waals surface area contributed by atoms with Crippen molar-refractivity contribution in [1.29, 1.82) is 0 Å². The lowest BCUT2D eigenvalue weighted by molar-refractivity contribution is 0.0693. The van der Waals surface area contributed by atoms with E-state index < -0.39 is 5.97 Å². The van der Waals surface area contributed by atoms with Gasteiger partial charge in [0.25, 0.3) is 5.91 Å². The molecule has 2 aromatic carbocycles. The number of nitrogens with zero attached hydrogens (tertiary/aromatic N) is 2. The van der Waals surface area contributed by atoms with Crippen LogP contribution in [0, 0.1) is 0 Å². The molecule has 1 amide bonds. The first-order valence-corrected chi connectivity index (χ1v) is 10.1. The number of rotatable bonds is 4. The molecular weight excluding hydrogens is 352 g/mol. The van der Waals surface area contributed by atoms with E-state index in [4.69, 9.17) is 5.11 Å². The number of likely N-dealkylation sites (tertiary alicyclic amines) is 1. The Kier molecular flexibility index (Phi) is 5.33. The van der Waals surface area contributed by atoms with Gasteiger partial charge in [-0.25, -0.2) is 4.79 Å². The van der Waals surface area contributed by atoms with Gasteiger partial charge in [0.2, 0.25) is 0 Å². The number of benzene rings is 2. The van der Waals surface area contributed by atoms with E-state index in [0.717, 1.165) is 49.3 Å². The van der Waals surface area contributed by atoms with E-state index in [0.29, 0.717) is 12.1 Å². The number of hydrogen-bond acceptors (Lipinski definition) is 3. The monoisotopic (exact) mass is 378 g/mol. The molecule has 5 heteroatoms. The van der Waals surface area contributed by atoms with Gasteiger partial charge in [0.1, 0.15) is 0 Å². The van der Waals surface area contributed by atoms with E-state index in [1.807, 2.05) is 35.2 Å². The van der Waals surface area contributed by atoms with Gasteiger partial charge in [-0.3, -0.25) is 4.79 Å². The highest BCUT2D eigenvalue weighted by Gasteiger charge is 2.28. The minimum absolute atomic E-state index is 0.106. The van der Waals surface area contributed by atoms with Crippen LogP contribution in [0.5, 0.6) is 0 Å². The fourth-order valence-corrected chi connectivity index (χ4v) is 4.39. The number of carboxylic acids is 1. The molecule has 5 nitrogen and oxygen atoms in total. The molecule has 1 atom stereocenters. The maximum Gasteiger partial charge on any atom is 0.335 e. The Balaban J connectivity index is 1.52. The molecule has 0 aliphatic carbocycles. The molecule has 2 saturated heterocycles. The van der Waals surface area contributed by atoms with Crippen molar-refractivity contribution in [2.24, 2.45) is 0 Å². The second-order valence-electron chi connectivity index (χ2n) is 7.73. The Morgan fingerprint density at radius 3 is 2.32 bits per heavy atom. The summed E-state index contributed by atoms with van der Waals surface area (Å²) in [5, 5.41) is 9.09. The van der Waals surface area contributed by atoms with E-state index in [9.17, 15) is 9.59 Å². The van der Waals surface area contributed by atoms with Crippen LogP contribution >= 0.6 is 0 Å². The zero-order chi connectivity index (χ0) is 19.5. The zero-order valence-corrected chi connectivity index (χ0v) is 16.0. The molecule has 2 aliphatic heterocycles. The van der Waals surface area contributed by atoms with Crippen molar-refractivity contribution in [3.05, 3.63) is 65.2 Å².